The zero-order chi connectivity index (χ0) is 22.6. The van der Waals surface area contributed by atoms with Crippen LogP contribution in [0.1, 0.15) is 11.1 Å². The molecule has 0 aliphatic rings. The zero-order valence-electron chi connectivity index (χ0n) is 15.8. The van der Waals surface area contributed by atoms with Crippen molar-refractivity contribution in [1.82, 2.24) is 0 Å². The summed E-state index contributed by atoms with van der Waals surface area (Å²) in [5.41, 5.74) is -6.99. The molecule has 0 aliphatic heterocycles. The lowest BCUT2D eigenvalue weighted by atomic mass is 10.2. The van der Waals surface area contributed by atoms with Crippen molar-refractivity contribution in [3.63, 3.8) is 0 Å². The van der Waals surface area contributed by atoms with Crippen molar-refractivity contribution < 1.29 is 51.8 Å². The lowest BCUT2D eigenvalue weighted by Crippen LogP contribution is -2.31. The van der Waals surface area contributed by atoms with Crippen LogP contribution in [0.4, 0.5) is 0 Å². The second-order valence-electron chi connectivity index (χ2n) is 5.81. The highest BCUT2D eigenvalue weighted by Gasteiger charge is 2.56. The number of rotatable bonds is 10. The van der Waals surface area contributed by atoms with Gasteiger partial charge in [0.15, 0.2) is 0 Å². The summed E-state index contributed by atoms with van der Waals surface area (Å²) in [5.74, 6) is 0. The minimum atomic E-state index is -5.02. The van der Waals surface area contributed by atoms with Crippen LogP contribution in [0, 0.1) is 0 Å². The molecule has 0 heterocycles. The lowest BCUT2D eigenvalue weighted by molar-refractivity contribution is -0.127. The van der Waals surface area contributed by atoms with E-state index >= 15 is 0 Å². The smallest absolute Gasteiger partial charge is 0.352 e. The van der Waals surface area contributed by atoms with Gasteiger partial charge in [-0.15, -0.1) is 0 Å². The van der Waals surface area contributed by atoms with Crippen molar-refractivity contribution in [2.45, 2.75) is 11.1 Å². The van der Waals surface area contributed by atoms with Gasteiger partial charge in [-0.05, 0) is 0 Å². The van der Waals surface area contributed by atoms with Crippen LogP contribution in [-0.4, -0.2) is 34.2 Å². The summed E-state index contributed by atoms with van der Waals surface area (Å²) in [4.78, 5) is 20.1. The Labute approximate surface area is 172 Å². The van der Waals surface area contributed by atoms with E-state index in [2.05, 4.69) is 9.05 Å². The van der Waals surface area contributed by atoms with E-state index in [1.54, 1.807) is 0 Å². The SMILES string of the molecule is COP(=O)(O)C(O)(O[PH](=O)OC(O)(c1ccccc1)P(=O)(O)OC)c1ccccc1. The lowest BCUT2D eigenvalue weighted by Gasteiger charge is -2.33. The molecule has 0 radical (unpaired) electrons. The van der Waals surface area contributed by atoms with Crippen molar-refractivity contribution >= 4 is 23.4 Å². The van der Waals surface area contributed by atoms with Crippen molar-refractivity contribution in [2.24, 2.45) is 0 Å². The average Bonchev–Trinajstić information content (AvgIpc) is 2.74. The van der Waals surface area contributed by atoms with E-state index in [0.29, 0.717) is 0 Å². The third-order valence-electron chi connectivity index (χ3n) is 4.01. The molecule has 0 saturated carbocycles. The van der Waals surface area contributed by atoms with Gasteiger partial charge in [-0.25, -0.2) is 0 Å². The van der Waals surface area contributed by atoms with Gasteiger partial charge in [0, 0.05) is 25.3 Å². The molecular formula is C16H21O11P3. The maximum absolute atomic E-state index is 12.6. The van der Waals surface area contributed by atoms with Crippen LogP contribution < -0.4 is 0 Å². The van der Waals surface area contributed by atoms with Gasteiger partial charge in [0.05, 0.1) is 0 Å². The van der Waals surface area contributed by atoms with E-state index in [-0.39, 0.29) is 11.1 Å². The Morgan fingerprint density at radius 1 is 0.733 bits per heavy atom. The van der Waals surface area contributed by atoms with Gasteiger partial charge in [0.1, 0.15) is 0 Å². The van der Waals surface area contributed by atoms with Gasteiger partial charge in [0.25, 0.3) is 0 Å². The molecule has 166 valence electrons. The highest BCUT2D eigenvalue weighted by atomic mass is 31.2. The number of hydrogen-bond acceptors (Lipinski definition) is 9. The average molecular weight is 482 g/mol. The third-order valence-corrected chi connectivity index (χ3v) is 8.50. The topological polar surface area (TPSA) is 169 Å². The first-order valence-electron chi connectivity index (χ1n) is 8.18. The zero-order valence-corrected chi connectivity index (χ0v) is 18.6. The summed E-state index contributed by atoms with van der Waals surface area (Å²) >= 11 is 0. The van der Waals surface area contributed by atoms with Crippen molar-refractivity contribution in [2.75, 3.05) is 14.2 Å². The van der Waals surface area contributed by atoms with E-state index in [4.69, 9.17) is 9.05 Å². The molecule has 0 aromatic heterocycles. The number of hydrogen-bond donors (Lipinski definition) is 4. The first-order valence-corrected chi connectivity index (χ1v) is 12.6. The van der Waals surface area contributed by atoms with Crippen molar-refractivity contribution in [1.29, 1.82) is 0 Å². The summed E-state index contributed by atoms with van der Waals surface area (Å²) < 4.78 is 55.9. The van der Waals surface area contributed by atoms with Crippen LogP contribution in [0.5, 0.6) is 0 Å². The molecule has 14 heteroatoms. The molecular weight excluding hydrogens is 461 g/mol. The van der Waals surface area contributed by atoms with Crippen LogP contribution >= 0.6 is 23.4 Å². The molecule has 0 spiro atoms. The Hall–Kier alpha value is -1.19. The fourth-order valence-electron chi connectivity index (χ4n) is 2.37. The van der Waals surface area contributed by atoms with E-state index in [1.165, 1.54) is 60.7 Å². The van der Waals surface area contributed by atoms with Crippen molar-refractivity contribution in [3.05, 3.63) is 71.8 Å². The quantitative estimate of drug-likeness (QED) is 0.290. The molecule has 4 N–H and O–H groups in total. The number of benzene rings is 2. The standard InChI is InChI=1S/C16H21O11P3/c1-24-29(20,21)15(17,13-9-5-3-6-10-13)26-28(19)27-16(18,30(22,23)25-2)14-11-7-4-8-12-14/h3-12,17-18,28H,1-2H3,(H,20,21)(H,22,23). The molecule has 2 rings (SSSR count). The summed E-state index contributed by atoms with van der Waals surface area (Å²) in [7, 11) is -12.6. The summed E-state index contributed by atoms with van der Waals surface area (Å²) in [6.45, 7) is 0. The third kappa shape index (κ3) is 4.83. The van der Waals surface area contributed by atoms with E-state index in [9.17, 15) is 33.7 Å². The predicted molar refractivity (Wildman–Crippen MR) is 106 cm³/mol. The van der Waals surface area contributed by atoms with Crippen LogP contribution in [0.15, 0.2) is 60.7 Å². The summed E-state index contributed by atoms with van der Waals surface area (Å²) in [5, 5.41) is 21.5. The highest BCUT2D eigenvalue weighted by Crippen LogP contribution is 2.66. The molecule has 4 atom stereocenters. The normalized spacial score (nSPS) is 20.9. The Morgan fingerprint density at radius 3 is 1.30 bits per heavy atom. The molecule has 2 aromatic carbocycles. The summed E-state index contributed by atoms with van der Waals surface area (Å²) in [6.07, 6.45) is 0. The Kier molecular flexibility index (Phi) is 7.96. The maximum atomic E-state index is 12.6. The minimum absolute atomic E-state index is 0.318. The monoisotopic (exact) mass is 482 g/mol. The largest absolute Gasteiger partial charge is 0.392 e. The molecule has 0 aliphatic carbocycles. The van der Waals surface area contributed by atoms with Crippen LogP contribution in [0.3, 0.4) is 0 Å². The molecule has 0 bridgehead atoms. The molecule has 11 nitrogen and oxygen atoms in total. The van der Waals surface area contributed by atoms with Gasteiger partial charge in [-0.1, -0.05) is 60.7 Å². The second-order valence-corrected chi connectivity index (χ2v) is 10.7. The fourth-order valence-corrected chi connectivity index (χ4v) is 5.93. The highest BCUT2D eigenvalue weighted by molar-refractivity contribution is 7.55. The van der Waals surface area contributed by atoms with E-state index < -0.39 is 34.5 Å². The van der Waals surface area contributed by atoms with Crippen LogP contribution in [-0.2, 0) is 42.8 Å². The molecule has 4 unspecified atom stereocenters. The van der Waals surface area contributed by atoms with Gasteiger partial charge < -0.3 is 29.0 Å². The molecule has 0 saturated heterocycles. The van der Waals surface area contributed by atoms with Gasteiger partial charge >= 0.3 is 34.5 Å². The summed E-state index contributed by atoms with van der Waals surface area (Å²) in [6, 6.07) is 13.4. The van der Waals surface area contributed by atoms with Gasteiger partial charge in [0.2, 0.25) is 0 Å². The van der Waals surface area contributed by atoms with Crippen LogP contribution in [0.2, 0.25) is 0 Å². The Morgan fingerprint density at radius 2 is 1.03 bits per heavy atom. The number of aliphatic hydroxyl groups is 2. The first-order chi connectivity index (χ1) is 13.9. The van der Waals surface area contributed by atoms with E-state index in [0.717, 1.165) is 14.2 Å². The van der Waals surface area contributed by atoms with Crippen molar-refractivity contribution in [3.8, 4) is 0 Å². The van der Waals surface area contributed by atoms with Gasteiger partial charge in [-0.3, -0.25) is 22.7 Å². The Balaban J connectivity index is 2.47. The molecule has 0 amide bonds. The van der Waals surface area contributed by atoms with E-state index in [1.807, 2.05) is 0 Å². The first kappa shape index (κ1) is 25.1. The second kappa shape index (κ2) is 9.53. The maximum Gasteiger partial charge on any atom is 0.392 e. The van der Waals surface area contributed by atoms with Crippen LogP contribution in [0.25, 0.3) is 0 Å². The minimum Gasteiger partial charge on any atom is -0.352 e. The van der Waals surface area contributed by atoms with Gasteiger partial charge in [-0.2, -0.15) is 0 Å². The molecule has 0 fully saturated rings. The predicted octanol–water partition coefficient (Wildman–Crippen LogP) is 2.68. The molecule has 2 aromatic rings. The molecule has 30 heavy (non-hydrogen) atoms. The Bertz CT molecular complexity index is 893. The fraction of sp³-hybridized carbons (Fsp3) is 0.250.